The van der Waals surface area contributed by atoms with Gasteiger partial charge in [-0.15, -0.1) is 0 Å². The van der Waals surface area contributed by atoms with Gasteiger partial charge in [0.25, 0.3) is 0 Å². The monoisotopic (exact) mass is 130 g/mol. The topological polar surface area (TPSA) is 26.7 Å². The summed E-state index contributed by atoms with van der Waals surface area (Å²) >= 11 is 0. The Morgan fingerprint density at radius 1 is 1.33 bits per heavy atom. The molecule has 0 radical (unpaired) electrons. The van der Waals surface area contributed by atoms with Gasteiger partial charge in [0.05, 0.1) is 6.10 Å². The van der Waals surface area contributed by atoms with E-state index < -0.39 is 0 Å². The van der Waals surface area contributed by atoms with Crippen LogP contribution in [0.2, 0.25) is 0 Å². The van der Waals surface area contributed by atoms with E-state index in [-0.39, 0.29) is 6.10 Å². The fourth-order valence-electron chi connectivity index (χ4n) is 1.04. The van der Waals surface area contributed by atoms with Gasteiger partial charge in [0, 0.05) is 27.2 Å². The smallest absolute Gasteiger partial charge is 0.0693 e. The Bertz CT molecular complexity index is 97.1. The zero-order valence-corrected chi connectivity index (χ0v) is 6.04. The summed E-state index contributed by atoms with van der Waals surface area (Å²) in [5, 5.41) is 13.3. The third kappa shape index (κ3) is 1.64. The number of likely N-dealkylation sites (N-methyl/N-ethyl adjacent to an activating group) is 1. The molecule has 1 aliphatic heterocycles. The standard InChI is InChI=1S/C6H14N2O/c1-7-4-3-6(9)5-8(7)2/h6,9H,3-5H2,1-2H3/t6-/m0/s1. The van der Waals surface area contributed by atoms with Crippen LogP contribution in [0.3, 0.4) is 0 Å². The molecule has 0 aromatic carbocycles. The predicted molar refractivity (Wildman–Crippen MR) is 35.9 cm³/mol. The summed E-state index contributed by atoms with van der Waals surface area (Å²) in [7, 11) is 4.02. The van der Waals surface area contributed by atoms with E-state index in [0.29, 0.717) is 0 Å². The number of hydrogen-bond acceptors (Lipinski definition) is 3. The molecule has 1 fully saturated rings. The lowest BCUT2D eigenvalue weighted by molar-refractivity contribution is -0.0577. The Balaban J connectivity index is 2.35. The zero-order chi connectivity index (χ0) is 6.85. The molecule has 0 bridgehead atoms. The minimum atomic E-state index is -0.119. The van der Waals surface area contributed by atoms with Crippen molar-refractivity contribution < 1.29 is 5.11 Å². The maximum absolute atomic E-state index is 9.13. The average molecular weight is 130 g/mol. The van der Waals surface area contributed by atoms with Crippen LogP contribution in [0.4, 0.5) is 0 Å². The molecule has 0 spiro atoms. The summed E-state index contributed by atoms with van der Waals surface area (Å²) in [6.45, 7) is 1.74. The molecule has 1 heterocycles. The first kappa shape index (κ1) is 6.99. The molecule has 0 unspecified atom stereocenters. The van der Waals surface area contributed by atoms with Crippen LogP contribution in [0.15, 0.2) is 0 Å². The van der Waals surface area contributed by atoms with Crippen LogP contribution in [0.1, 0.15) is 6.42 Å². The summed E-state index contributed by atoms with van der Waals surface area (Å²) in [5.41, 5.74) is 0. The van der Waals surface area contributed by atoms with Crippen LogP contribution in [0.5, 0.6) is 0 Å². The maximum Gasteiger partial charge on any atom is 0.0693 e. The number of hydrogen-bond donors (Lipinski definition) is 1. The Morgan fingerprint density at radius 3 is 2.44 bits per heavy atom. The van der Waals surface area contributed by atoms with Crippen molar-refractivity contribution in [3.05, 3.63) is 0 Å². The van der Waals surface area contributed by atoms with Crippen molar-refractivity contribution in [3.63, 3.8) is 0 Å². The van der Waals surface area contributed by atoms with Crippen molar-refractivity contribution in [1.82, 2.24) is 10.0 Å². The van der Waals surface area contributed by atoms with Crippen molar-refractivity contribution in [2.45, 2.75) is 12.5 Å². The second-order valence-corrected chi connectivity index (χ2v) is 2.66. The largest absolute Gasteiger partial charge is 0.392 e. The summed E-state index contributed by atoms with van der Waals surface area (Å²) in [4.78, 5) is 0. The van der Waals surface area contributed by atoms with Crippen molar-refractivity contribution in [2.75, 3.05) is 27.2 Å². The Hall–Kier alpha value is -0.120. The molecule has 54 valence electrons. The lowest BCUT2D eigenvalue weighted by Crippen LogP contribution is -2.47. The van der Waals surface area contributed by atoms with Gasteiger partial charge in [-0.2, -0.15) is 0 Å². The molecule has 1 saturated heterocycles. The number of nitrogens with zero attached hydrogens (tertiary/aromatic N) is 2. The summed E-state index contributed by atoms with van der Waals surface area (Å²) in [6, 6.07) is 0. The Morgan fingerprint density at radius 2 is 2.00 bits per heavy atom. The van der Waals surface area contributed by atoms with Gasteiger partial charge in [-0.05, 0) is 6.42 Å². The van der Waals surface area contributed by atoms with Crippen LogP contribution < -0.4 is 0 Å². The first-order valence-electron chi connectivity index (χ1n) is 3.30. The minimum Gasteiger partial charge on any atom is -0.392 e. The number of aliphatic hydroxyl groups is 1. The number of rotatable bonds is 0. The van der Waals surface area contributed by atoms with E-state index in [0.717, 1.165) is 19.5 Å². The SMILES string of the molecule is CN1CC[C@H](O)CN1C. The lowest BCUT2D eigenvalue weighted by atomic mass is 10.2. The van der Waals surface area contributed by atoms with E-state index in [2.05, 4.69) is 5.01 Å². The van der Waals surface area contributed by atoms with Crippen LogP contribution in [0, 0.1) is 0 Å². The second-order valence-electron chi connectivity index (χ2n) is 2.66. The lowest BCUT2D eigenvalue weighted by Gasteiger charge is -2.35. The van der Waals surface area contributed by atoms with E-state index >= 15 is 0 Å². The normalized spacial score (nSPS) is 33.0. The molecule has 1 rings (SSSR count). The maximum atomic E-state index is 9.13. The van der Waals surface area contributed by atoms with Crippen LogP contribution in [0.25, 0.3) is 0 Å². The molecule has 9 heavy (non-hydrogen) atoms. The molecule has 0 aromatic rings. The fourth-order valence-corrected chi connectivity index (χ4v) is 1.04. The Labute approximate surface area is 55.8 Å². The van der Waals surface area contributed by atoms with Gasteiger partial charge in [-0.3, -0.25) is 0 Å². The quantitative estimate of drug-likeness (QED) is 0.480. The number of β-amino-alcohol motifs (C(OH)–C–C–N with tert-alkyl or cyclic N) is 1. The highest BCUT2D eigenvalue weighted by Crippen LogP contribution is 2.05. The van der Waals surface area contributed by atoms with Gasteiger partial charge in [-0.1, -0.05) is 0 Å². The van der Waals surface area contributed by atoms with Crippen LogP contribution in [-0.2, 0) is 0 Å². The van der Waals surface area contributed by atoms with E-state index in [1.54, 1.807) is 0 Å². The van der Waals surface area contributed by atoms with Gasteiger partial charge >= 0.3 is 0 Å². The molecule has 1 atom stereocenters. The summed E-state index contributed by atoms with van der Waals surface area (Å²) in [6.07, 6.45) is 0.784. The summed E-state index contributed by atoms with van der Waals surface area (Å²) < 4.78 is 0. The van der Waals surface area contributed by atoms with Crippen LogP contribution >= 0.6 is 0 Å². The van der Waals surface area contributed by atoms with Crippen molar-refractivity contribution in [3.8, 4) is 0 Å². The highest BCUT2D eigenvalue weighted by atomic mass is 16.3. The second kappa shape index (κ2) is 2.64. The molecule has 0 aromatic heterocycles. The summed E-state index contributed by atoms with van der Waals surface area (Å²) in [5.74, 6) is 0. The molecule has 1 N–H and O–H groups in total. The fraction of sp³-hybridized carbons (Fsp3) is 1.00. The molecule has 0 amide bonds. The van der Waals surface area contributed by atoms with E-state index in [1.165, 1.54) is 0 Å². The molecule has 3 nitrogen and oxygen atoms in total. The van der Waals surface area contributed by atoms with Gasteiger partial charge in [0.2, 0.25) is 0 Å². The molecule has 1 aliphatic rings. The molecular weight excluding hydrogens is 116 g/mol. The van der Waals surface area contributed by atoms with Gasteiger partial charge in [-0.25, -0.2) is 10.0 Å². The van der Waals surface area contributed by atoms with E-state index in [4.69, 9.17) is 5.11 Å². The third-order valence-corrected chi connectivity index (χ3v) is 1.84. The zero-order valence-electron chi connectivity index (χ0n) is 6.04. The molecular formula is C6H14N2O. The molecule has 0 saturated carbocycles. The van der Waals surface area contributed by atoms with E-state index in [9.17, 15) is 0 Å². The van der Waals surface area contributed by atoms with Crippen LogP contribution in [-0.4, -0.2) is 48.4 Å². The highest BCUT2D eigenvalue weighted by molar-refractivity contribution is 4.66. The molecule has 3 heteroatoms. The van der Waals surface area contributed by atoms with Gasteiger partial charge in [0.1, 0.15) is 0 Å². The van der Waals surface area contributed by atoms with Gasteiger partial charge < -0.3 is 5.11 Å². The third-order valence-electron chi connectivity index (χ3n) is 1.84. The average Bonchev–Trinajstić information content (AvgIpc) is 1.80. The van der Waals surface area contributed by atoms with E-state index in [1.807, 2.05) is 19.1 Å². The molecule has 0 aliphatic carbocycles. The van der Waals surface area contributed by atoms with Crippen molar-refractivity contribution >= 4 is 0 Å². The first-order valence-corrected chi connectivity index (χ1v) is 3.30. The number of aliphatic hydroxyl groups excluding tert-OH is 1. The minimum absolute atomic E-state index is 0.119. The number of hydrazine groups is 1. The van der Waals surface area contributed by atoms with Crippen molar-refractivity contribution in [1.29, 1.82) is 0 Å². The predicted octanol–water partition coefficient (Wildman–Crippen LogP) is -0.470. The first-order chi connectivity index (χ1) is 4.20. The van der Waals surface area contributed by atoms with Gasteiger partial charge in [0.15, 0.2) is 0 Å². The van der Waals surface area contributed by atoms with Crippen molar-refractivity contribution in [2.24, 2.45) is 0 Å². The highest BCUT2D eigenvalue weighted by Gasteiger charge is 2.17. The Kier molecular flexibility index (Phi) is 2.05.